The van der Waals surface area contributed by atoms with Crippen LogP contribution >= 0.6 is 11.6 Å². The van der Waals surface area contributed by atoms with E-state index in [0.29, 0.717) is 38.4 Å². The smallest absolute Gasteiger partial charge is 0.257 e. The van der Waals surface area contributed by atoms with Gasteiger partial charge < -0.3 is 34.2 Å². The van der Waals surface area contributed by atoms with E-state index >= 15 is 0 Å². The van der Waals surface area contributed by atoms with Gasteiger partial charge in [-0.2, -0.15) is 0 Å². The van der Waals surface area contributed by atoms with Gasteiger partial charge in [-0.15, -0.1) is 0 Å². The number of aliphatic hydroxyl groups excluding tert-OH is 1. The number of fused-ring (bicyclic) bond motifs is 2. The summed E-state index contributed by atoms with van der Waals surface area (Å²) in [6.45, 7) is 14.1. The molecular formula is C32H45ClN2O6. The average molecular weight is 589 g/mol. The van der Waals surface area contributed by atoms with Crippen LogP contribution in [0.2, 0.25) is 5.02 Å². The Hall–Kier alpha value is -2.36. The van der Waals surface area contributed by atoms with Gasteiger partial charge in [0.15, 0.2) is 0 Å². The van der Waals surface area contributed by atoms with Crippen molar-refractivity contribution in [3.05, 3.63) is 58.1 Å². The molecule has 0 bridgehead atoms. The van der Waals surface area contributed by atoms with Crippen molar-refractivity contribution in [3.8, 4) is 11.5 Å². The minimum atomic E-state index is -0.767. The van der Waals surface area contributed by atoms with Gasteiger partial charge in [-0.05, 0) is 74.9 Å². The van der Waals surface area contributed by atoms with Crippen molar-refractivity contribution >= 4 is 17.5 Å². The third-order valence-electron chi connectivity index (χ3n) is 7.59. The van der Waals surface area contributed by atoms with Crippen LogP contribution in [0, 0.1) is 5.92 Å². The van der Waals surface area contributed by atoms with Crippen LogP contribution in [0.4, 0.5) is 0 Å². The molecule has 4 rings (SSSR count). The quantitative estimate of drug-likeness (QED) is 0.372. The van der Waals surface area contributed by atoms with E-state index in [-0.39, 0.29) is 41.1 Å². The van der Waals surface area contributed by atoms with E-state index in [9.17, 15) is 15.0 Å². The zero-order valence-electron chi connectivity index (χ0n) is 25.0. The number of hydrogen-bond acceptors (Lipinski definition) is 7. The van der Waals surface area contributed by atoms with Gasteiger partial charge in [-0.25, -0.2) is 0 Å². The third-order valence-corrected chi connectivity index (χ3v) is 7.83. The molecule has 9 heteroatoms. The predicted molar refractivity (Wildman–Crippen MR) is 160 cm³/mol. The molecule has 8 nitrogen and oxygen atoms in total. The number of rotatable bonds is 11. The molecule has 1 spiro atoms. The number of piperidine rings is 1. The SMILES string of the molecule is CC(C)CN(CCOC(C)(C)C)C(=O)c1ccc(O)cc1OC[C@@H](O)CN1CCC2(CC1)OCc1cc(Cl)ccc12. The first kappa shape index (κ1) is 31.6. The largest absolute Gasteiger partial charge is 0.508 e. The Morgan fingerprint density at radius 3 is 2.59 bits per heavy atom. The number of aliphatic hydroxyl groups is 1. The first-order valence-corrected chi connectivity index (χ1v) is 15.0. The van der Waals surface area contributed by atoms with E-state index < -0.39 is 6.10 Å². The summed E-state index contributed by atoms with van der Waals surface area (Å²) < 4.78 is 18.1. The second kappa shape index (κ2) is 13.3. The summed E-state index contributed by atoms with van der Waals surface area (Å²) in [5, 5.41) is 21.7. The fourth-order valence-corrected chi connectivity index (χ4v) is 5.82. The molecule has 41 heavy (non-hydrogen) atoms. The highest BCUT2D eigenvalue weighted by atomic mass is 35.5. The maximum atomic E-state index is 13.6. The van der Waals surface area contributed by atoms with E-state index in [4.69, 9.17) is 25.8 Å². The molecule has 2 heterocycles. The number of benzene rings is 2. The van der Waals surface area contributed by atoms with Gasteiger partial charge in [0.25, 0.3) is 5.91 Å². The fourth-order valence-electron chi connectivity index (χ4n) is 5.62. The molecule has 0 unspecified atom stereocenters. The molecule has 2 aromatic rings. The third kappa shape index (κ3) is 8.36. The fraction of sp³-hybridized carbons (Fsp3) is 0.594. The van der Waals surface area contributed by atoms with Crippen LogP contribution in [0.5, 0.6) is 11.5 Å². The monoisotopic (exact) mass is 588 g/mol. The number of halogens is 1. The highest BCUT2D eigenvalue weighted by Crippen LogP contribution is 2.44. The molecule has 226 valence electrons. The number of amides is 1. The van der Waals surface area contributed by atoms with Crippen LogP contribution in [-0.4, -0.2) is 83.6 Å². The lowest BCUT2D eigenvalue weighted by molar-refractivity contribution is -0.0835. The van der Waals surface area contributed by atoms with Gasteiger partial charge in [-0.3, -0.25) is 4.79 Å². The van der Waals surface area contributed by atoms with Gasteiger partial charge in [0.2, 0.25) is 0 Å². The second-order valence-corrected chi connectivity index (χ2v) is 13.1. The molecule has 2 aromatic carbocycles. The maximum absolute atomic E-state index is 13.6. The number of ether oxygens (including phenoxy) is 3. The summed E-state index contributed by atoms with van der Waals surface area (Å²) in [5.41, 5.74) is 2.15. The molecule has 0 radical (unpaired) electrons. The molecular weight excluding hydrogens is 544 g/mol. The Morgan fingerprint density at radius 1 is 1.17 bits per heavy atom. The normalized spacial score (nSPS) is 17.6. The molecule has 1 atom stereocenters. The highest BCUT2D eigenvalue weighted by molar-refractivity contribution is 6.30. The standard InChI is InChI=1S/C32H45ClN2O6/c1-22(2)18-35(14-15-40-31(3,4)5)30(38)27-8-7-25(36)17-29(27)39-21-26(37)19-34-12-10-32(11-13-34)28-9-6-24(33)16-23(28)20-41-32/h6-9,16-17,22,26,36-37H,10-15,18-21H2,1-5H3/t26-/m0/s1. The Balaban J connectivity index is 1.34. The molecule has 0 saturated carbocycles. The molecule has 1 saturated heterocycles. The minimum absolute atomic E-state index is 0.000520. The number of β-amino-alcohol motifs (C(OH)–C–C–N with tert-alkyl or cyclic N) is 1. The predicted octanol–water partition coefficient (Wildman–Crippen LogP) is 5.22. The summed E-state index contributed by atoms with van der Waals surface area (Å²) in [6.07, 6.45) is 0.910. The van der Waals surface area contributed by atoms with Gasteiger partial charge in [-0.1, -0.05) is 31.5 Å². The number of phenolic OH excluding ortho intramolecular Hbond substituents is 1. The van der Waals surface area contributed by atoms with E-state index in [1.807, 2.05) is 32.9 Å². The lowest BCUT2D eigenvalue weighted by Gasteiger charge is -2.39. The molecule has 2 N–H and O–H groups in total. The van der Waals surface area contributed by atoms with Crippen molar-refractivity contribution in [1.29, 1.82) is 0 Å². The van der Waals surface area contributed by atoms with Gasteiger partial charge in [0.1, 0.15) is 24.2 Å². The van der Waals surface area contributed by atoms with Crippen molar-refractivity contribution in [3.63, 3.8) is 0 Å². The Kier molecular flexibility index (Phi) is 10.2. The topological polar surface area (TPSA) is 91.7 Å². The van der Waals surface area contributed by atoms with Crippen molar-refractivity contribution < 1.29 is 29.2 Å². The molecule has 0 aromatic heterocycles. The van der Waals surface area contributed by atoms with Crippen molar-refractivity contribution in [2.24, 2.45) is 5.92 Å². The molecule has 1 amide bonds. The Morgan fingerprint density at radius 2 is 1.90 bits per heavy atom. The van der Waals surface area contributed by atoms with Crippen LogP contribution in [0.1, 0.15) is 68.9 Å². The summed E-state index contributed by atoms with van der Waals surface area (Å²) in [7, 11) is 0. The van der Waals surface area contributed by atoms with Crippen LogP contribution < -0.4 is 4.74 Å². The van der Waals surface area contributed by atoms with Gasteiger partial charge >= 0.3 is 0 Å². The van der Waals surface area contributed by atoms with Gasteiger partial charge in [0.05, 0.1) is 30.0 Å². The van der Waals surface area contributed by atoms with E-state index in [1.165, 1.54) is 17.7 Å². The molecule has 1 fully saturated rings. The number of carbonyl (C=O) groups excluding carboxylic acids is 1. The van der Waals surface area contributed by atoms with E-state index in [2.05, 4.69) is 24.8 Å². The lowest BCUT2D eigenvalue weighted by Crippen LogP contribution is -2.46. The number of phenols is 1. The molecule has 0 aliphatic carbocycles. The van der Waals surface area contributed by atoms with Crippen LogP contribution in [-0.2, 0) is 21.7 Å². The van der Waals surface area contributed by atoms with Crippen LogP contribution in [0.15, 0.2) is 36.4 Å². The molecule has 2 aliphatic rings. The Bertz CT molecular complexity index is 1190. The molecule has 2 aliphatic heterocycles. The van der Waals surface area contributed by atoms with Crippen molar-refractivity contribution in [2.45, 2.75) is 71.4 Å². The summed E-state index contributed by atoms with van der Waals surface area (Å²) >= 11 is 6.17. The maximum Gasteiger partial charge on any atom is 0.257 e. The number of carbonyl (C=O) groups is 1. The lowest BCUT2D eigenvalue weighted by atomic mass is 9.84. The number of likely N-dealkylation sites (tertiary alicyclic amines) is 1. The highest BCUT2D eigenvalue weighted by Gasteiger charge is 2.42. The van der Waals surface area contributed by atoms with Gasteiger partial charge in [0, 0.05) is 43.8 Å². The summed E-state index contributed by atoms with van der Waals surface area (Å²) in [6, 6.07) is 10.5. The second-order valence-electron chi connectivity index (χ2n) is 12.6. The summed E-state index contributed by atoms with van der Waals surface area (Å²) in [5.74, 6) is 0.324. The van der Waals surface area contributed by atoms with Crippen LogP contribution in [0.25, 0.3) is 0 Å². The average Bonchev–Trinajstić information content (AvgIpc) is 3.24. The Labute approximate surface area is 249 Å². The first-order valence-electron chi connectivity index (χ1n) is 14.6. The first-order chi connectivity index (χ1) is 19.3. The van der Waals surface area contributed by atoms with Crippen molar-refractivity contribution in [1.82, 2.24) is 9.80 Å². The van der Waals surface area contributed by atoms with E-state index in [1.54, 1.807) is 11.0 Å². The summed E-state index contributed by atoms with van der Waals surface area (Å²) in [4.78, 5) is 17.5. The zero-order chi connectivity index (χ0) is 29.8. The van der Waals surface area contributed by atoms with Crippen molar-refractivity contribution in [2.75, 3.05) is 45.9 Å². The minimum Gasteiger partial charge on any atom is -0.508 e. The van der Waals surface area contributed by atoms with Crippen LogP contribution in [0.3, 0.4) is 0 Å². The zero-order valence-corrected chi connectivity index (χ0v) is 25.7. The number of nitrogens with zero attached hydrogens (tertiary/aromatic N) is 2. The number of aromatic hydroxyl groups is 1. The van der Waals surface area contributed by atoms with E-state index in [0.717, 1.165) is 36.5 Å². The number of hydrogen-bond donors (Lipinski definition) is 2.